The SMILES string of the molecule is CC(C)(C)OC(=O)Nc1cccc(-c2cc(Cl)ccc2C(=O)O)c1. The third-order valence-electron chi connectivity index (χ3n) is 3.03. The Labute approximate surface area is 145 Å². The van der Waals surface area contributed by atoms with E-state index in [0.717, 1.165) is 0 Å². The number of ether oxygens (including phenoxy) is 1. The second kappa shape index (κ2) is 6.93. The predicted octanol–water partition coefficient (Wildman–Crippen LogP) is 5.05. The molecule has 0 unspecified atom stereocenters. The second-order valence-electron chi connectivity index (χ2n) is 6.20. The average Bonchev–Trinajstić information content (AvgIpc) is 2.45. The number of hydrogen-bond donors (Lipinski definition) is 2. The highest BCUT2D eigenvalue weighted by molar-refractivity contribution is 6.31. The summed E-state index contributed by atoms with van der Waals surface area (Å²) < 4.78 is 5.20. The van der Waals surface area contributed by atoms with E-state index in [1.54, 1.807) is 51.1 Å². The zero-order valence-electron chi connectivity index (χ0n) is 13.6. The van der Waals surface area contributed by atoms with Crippen molar-refractivity contribution in [2.24, 2.45) is 0 Å². The van der Waals surface area contributed by atoms with Crippen LogP contribution < -0.4 is 5.32 Å². The summed E-state index contributed by atoms with van der Waals surface area (Å²) in [7, 11) is 0. The Morgan fingerprint density at radius 2 is 1.83 bits per heavy atom. The normalized spacial score (nSPS) is 11.0. The lowest BCUT2D eigenvalue weighted by Crippen LogP contribution is -2.27. The first kappa shape index (κ1) is 17.8. The van der Waals surface area contributed by atoms with Crippen LogP contribution in [0.1, 0.15) is 31.1 Å². The van der Waals surface area contributed by atoms with Crippen molar-refractivity contribution in [3.05, 3.63) is 53.1 Å². The minimum Gasteiger partial charge on any atom is -0.478 e. The van der Waals surface area contributed by atoms with Crippen LogP contribution in [0.4, 0.5) is 10.5 Å². The van der Waals surface area contributed by atoms with Crippen molar-refractivity contribution in [2.75, 3.05) is 5.32 Å². The van der Waals surface area contributed by atoms with Gasteiger partial charge >= 0.3 is 12.1 Å². The number of carbonyl (C=O) groups is 2. The van der Waals surface area contributed by atoms with E-state index >= 15 is 0 Å². The molecule has 0 atom stereocenters. The van der Waals surface area contributed by atoms with E-state index in [9.17, 15) is 14.7 Å². The molecule has 0 aliphatic carbocycles. The van der Waals surface area contributed by atoms with E-state index in [-0.39, 0.29) is 5.56 Å². The highest BCUT2D eigenvalue weighted by Gasteiger charge is 2.17. The van der Waals surface area contributed by atoms with Gasteiger partial charge in [0, 0.05) is 10.7 Å². The van der Waals surface area contributed by atoms with Gasteiger partial charge in [-0.05, 0) is 62.2 Å². The van der Waals surface area contributed by atoms with Gasteiger partial charge in [0.15, 0.2) is 0 Å². The lowest BCUT2D eigenvalue weighted by atomic mass is 9.99. The summed E-state index contributed by atoms with van der Waals surface area (Å²) in [6.07, 6.45) is -0.579. The maximum atomic E-state index is 11.9. The molecule has 2 N–H and O–H groups in total. The number of benzene rings is 2. The molecule has 0 fully saturated rings. The highest BCUT2D eigenvalue weighted by Crippen LogP contribution is 2.29. The summed E-state index contributed by atoms with van der Waals surface area (Å²) in [4.78, 5) is 23.2. The van der Waals surface area contributed by atoms with Crippen molar-refractivity contribution >= 4 is 29.4 Å². The fraction of sp³-hybridized carbons (Fsp3) is 0.222. The molecule has 0 bridgehead atoms. The van der Waals surface area contributed by atoms with Gasteiger partial charge in [-0.25, -0.2) is 9.59 Å². The van der Waals surface area contributed by atoms with Crippen LogP contribution in [0.5, 0.6) is 0 Å². The molecule has 2 aromatic carbocycles. The summed E-state index contributed by atoms with van der Waals surface area (Å²) in [5.74, 6) is -1.05. The first-order chi connectivity index (χ1) is 11.2. The number of halogens is 1. The lowest BCUT2D eigenvalue weighted by molar-refractivity contribution is 0.0634. The maximum Gasteiger partial charge on any atom is 0.412 e. The molecule has 0 aliphatic rings. The summed E-state index contributed by atoms with van der Waals surface area (Å²) in [6.45, 7) is 5.32. The van der Waals surface area contributed by atoms with Gasteiger partial charge in [0.1, 0.15) is 5.60 Å². The van der Waals surface area contributed by atoms with Gasteiger partial charge in [-0.1, -0.05) is 23.7 Å². The summed E-state index contributed by atoms with van der Waals surface area (Å²) in [5, 5.41) is 12.4. The predicted molar refractivity (Wildman–Crippen MR) is 93.7 cm³/mol. The largest absolute Gasteiger partial charge is 0.478 e. The molecule has 0 saturated carbocycles. The Morgan fingerprint density at radius 3 is 2.46 bits per heavy atom. The van der Waals surface area contributed by atoms with Gasteiger partial charge in [0.2, 0.25) is 0 Å². The van der Waals surface area contributed by atoms with E-state index in [0.29, 0.717) is 21.8 Å². The minimum atomic E-state index is -1.05. The molecule has 0 spiro atoms. The summed E-state index contributed by atoms with van der Waals surface area (Å²) >= 11 is 5.99. The molecule has 24 heavy (non-hydrogen) atoms. The topological polar surface area (TPSA) is 75.6 Å². The number of anilines is 1. The number of carboxylic acid groups (broad SMARTS) is 1. The second-order valence-corrected chi connectivity index (χ2v) is 6.64. The van der Waals surface area contributed by atoms with Crippen LogP contribution in [0.15, 0.2) is 42.5 Å². The van der Waals surface area contributed by atoms with Crippen LogP contribution >= 0.6 is 11.6 Å². The highest BCUT2D eigenvalue weighted by atomic mass is 35.5. The molecule has 6 heteroatoms. The molecule has 5 nitrogen and oxygen atoms in total. The van der Waals surface area contributed by atoms with Crippen LogP contribution in [0.2, 0.25) is 5.02 Å². The van der Waals surface area contributed by atoms with Crippen LogP contribution in [-0.4, -0.2) is 22.8 Å². The Kier molecular flexibility index (Phi) is 5.14. The molecule has 126 valence electrons. The van der Waals surface area contributed by atoms with Gasteiger partial charge in [-0.2, -0.15) is 0 Å². The Hall–Kier alpha value is -2.53. The van der Waals surface area contributed by atoms with Crippen LogP contribution in [-0.2, 0) is 4.74 Å². The number of amides is 1. The number of nitrogens with one attached hydrogen (secondary N) is 1. The van der Waals surface area contributed by atoms with Crippen molar-refractivity contribution < 1.29 is 19.4 Å². The Morgan fingerprint density at radius 1 is 1.12 bits per heavy atom. The summed E-state index contributed by atoms with van der Waals surface area (Å²) in [6, 6.07) is 11.4. The van der Waals surface area contributed by atoms with Crippen molar-refractivity contribution in [1.29, 1.82) is 0 Å². The first-order valence-electron chi connectivity index (χ1n) is 7.29. The van der Waals surface area contributed by atoms with Crippen molar-refractivity contribution in [2.45, 2.75) is 26.4 Å². The van der Waals surface area contributed by atoms with E-state index in [1.807, 2.05) is 0 Å². The molecular weight excluding hydrogens is 330 g/mol. The zero-order chi connectivity index (χ0) is 17.9. The fourth-order valence-electron chi connectivity index (χ4n) is 2.13. The average molecular weight is 348 g/mol. The van der Waals surface area contributed by atoms with Gasteiger partial charge in [-0.15, -0.1) is 0 Å². The van der Waals surface area contributed by atoms with E-state index < -0.39 is 17.7 Å². The molecule has 1 amide bonds. The fourth-order valence-corrected chi connectivity index (χ4v) is 2.30. The number of carbonyl (C=O) groups excluding carboxylic acids is 1. The van der Waals surface area contributed by atoms with Crippen LogP contribution in [0.3, 0.4) is 0 Å². The lowest BCUT2D eigenvalue weighted by Gasteiger charge is -2.19. The maximum absolute atomic E-state index is 11.9. The number of aromatic carboxylic acids is 1. The van der Waals surface area contributed by atoms with Crippen molar-refractivity contribution in [3.8, 4) is 11.1 Å². The zero-order valence-corrected chi connectivity index (χ0v) is 14.3. The Balaban J connectivity index is 2.33. The van der Waals surface area contributed by atoms with Gasteiger partial charge in [0.05, 0.1) is 5.56 Å². The smallest absolute Gasteiger partial charge is 0.412 e. The van der Waals surface area contributed by atoms with Crippen molar-refractivity contribution in [1.82, 2.24) is 0 Å². The Bertz CT molecular complexity index is 781. The molecule has 2 rings (SSSR count). The molecule has 2 aromatic rings. The van der Waals surface area contributed by atoms with Gasteiger partial charge < -0.3 is 9.84 Å². The van der Waals surface area contributed by atoms with Gasteiger partial charge in [-0.3, -0.25) is 5.32 Å². The molecule has 0 radical (unpaired) electrons. The van der Waals surface area contributed by atoms with E-state index in [2.05, 4.69) is 5.32 Å². The molecule has 0 heterocycles. The minimum absolute atomic E-state index is 0.133. The molecule has 0 saturated heterocycles. The molecule has 0 aliphatic heterocycles. The van der Waals surface area contributed by atoms with Crippen LogP contribution in [0.25, 0.3) is 11.1 Å². The summed E-state index contributed by atoms with van der Waals surface area (Å²) in [5.41, 5.74) is 1.13. The van der Waals surface area contributed by atoms with E-state index in [4.69, 9.17) is 16.3 Å². The molecular formula is C18H18ClNO4. The number of carboxylic acids is 1. The first-order valence-corrected chi connectivity index (χ1v) is 7.67. The molecule has 0 aromatic heterocycles. The standard InChI is InChI=1S/C18H18ClNO4/c1-18(2,3)24-17(23)20-13-6-4-5-11(9-13)15-10-12(19)7-8-14(15)16(21)22/h4-10H,1-3H3,(H,20,23)(H,21,22). The van der Waals surface area contributed by atoms with E-state index in [1.165, 1.54) is 12.1 Å². The van der Waals surface area contributed by atoms with Crippen molar-refractivity contribution in [3.63, 3.8) is 0 Å². The number of rotatable bonds is 3. The third-order valence-corrected chi connectivity index (χ3v) is 3.27. The monoisotopic (exact) mass is 347 g/mol. The third kappa shape index (κ3) is 4.73. The number of hydrogen-bond acceptors (Lipinski definition) is 3. The quantitative estimate of drug-likeness (QED) is 0.814. The van der Waals surface area contributed by atoms with Gasteiger partial charge in [0.25, 0.3) is 0 Å². The van der Waals surface area contributed by atoms with Crippen LogP contribution in [0, 0.1) is 0 Å².